The molecule has 0 atom stereocenters. The molecule has 1 fully saturated rings. The van der Waals surface area contributed by atoms with Crippen LogP contribution in [0.2, 0.25) is 0 Å². The fourth-order valence-electron chi connectivity index (χ4n) is 4.09. The number of hydrogen-bond donors (Lipinski definition) is 1. The number of fused-ring (bicyclic) bond motifs is 1. The molecule has 0 spiro atoms. The van der Waals surface area contributed by atoms with Gasteiger partial charge in [-0.1, -0.05) is 6.07 Å². The van der Waals surface area contributed by atoms with Crippen molar-refractivity contribution in [2.45, 2.75) is 32.4 Å². The fraction of sp³-hybridized carbons (Fsp3) is 0.304. The lowest BCUT2D eigenvalue weighted by molar-refractivity contribution is 0.0697. The van der Waals surface area contributed by atoms with E-state index in [2.05, 4.69) is 21.5 Å². The van der Waals surface area contributed by atoms with Gasteiger partial charge in [-0.2, -0.15) is 5.10 Å². The van der Waals surface area contributed by atoms with Gasteiger partial charge in [0.2, 0.25) is 0 Å². The SMILES string of the molecule is Cc1cc(C(=O)NC2CCN(C(=O)c3ccoc3)CC2)c2cnn(Cc3cccs3)c2n1. The molecule has 1 N–H and O–H groups in total. The summed E-state index contributed by atoms with van der Waals surface area (Å²) >= 11 is 1.67. The van der Waals surface area contributed by atoms with Gasteiger partial charge in [0, 0.05) is 29.7 Å². The molecule has 2 amide bonds. The quantitative estimate of drug-likeness (QED) is 0.504. The zero-order valence-electron chi connectivity index (χ0n) is 17.7. The number of amides is 2. The number of rotatable bonds is 5. The van der Waals surface area contributed by atoms with E-state index < -0.39 is 0 Å². The molecule has 1 saturated heterocycles. The average molecular weight is 450 g/mol. The van der Waals surface area contributed by atoms with Crippen molar-refractivity contribution >= 4 is 34.2 Å². The highest BCUT2D eigenvalue weighted by atomic mass is 32.1. The van der Waals surface area contributed by atoms with Crippen LogP contribution in [0, 0.1) is 6.92 Å². The Balaban J connectivity index is 1.28. The summed E-state index contributed by atoms with van der Waals surface area (Å²) in [5.41, 5.74) is 2.63. The first-order valence-electron chi connectivity index (χ1n) is 10.6. The Labute approximate surface area is 188 Å². The number of nitrogens with zero attached hydrogens (tertiary/aromatic N) is 4. The van der Waals surface area contributed by atoms with E-state index in [-0.39, 0.29) is 17.9 Å². The number of carbonyl (C=O) groups excluding carboxylic acids is 2. The Kier molecular flexibility index (Phi) is 5.48. The first-order chi connectivity index (χ1) is 15.6. The number of pyridine rings is 1. The second kappa shape index (κ2) is 8.58. The largest absolute Gasteiger partial charge is 0.472 e. The number of likely N-dealkylation sites (tertiary alicyclic amines) is 1. The van der Waals surface area contributed by atoms with E-state index in [0.29, 0.717) is 49.2 Å². The monoisotopic (exact) mass is 449 g/mol. The van der Waals surface area contributed by atoms with Gasteiger partial charge >= 0.3 is 0 Å². The first-order valence-corrected chi connectivity index (χ1v) is 11.4. The van der Waals surface area contributed by atoms with Gasteiger partial charge in [-0.15, -0.1) is 11.3 Å². The Bertz CT molecular complexity index is 1240. The standard InChI is InChI=1S/C23H23N5O3S/c1-15-11-19(20-12-24-28(21(20)25-15)13-18-3-2-10-32-18)22(29)26-17-4-7-27(8-5-17)23(30)16-6-9-31-14-16/h2-3,6,9-12,14,17H,4-5,7-8,13H2,1H3,(H,26,29). The predicted octanol–water partition coefficient (Wildman–Crippen LogP) is 3.48. The number of aromatic nitrogens is 3. The van der Waals surface area contributed by atoms with E-state index >= 15 is 0 Å². The molecule has 5 heterocycles. The number of piperidine rings is 1. The molecule has 1 aliphatic heterocycles. The molecule has 0 aliphatic carbocycles. The molecule has 5 rings (SSSR count). The second-order valence-corrected chi connectivity index (χ2v) is 9.01. The van der Waals surface area contributed by atoms with Crippen LogP contribution in [0.1, 0.15) is 44.1 Å². The molecule has 0 bridgehead atoms. The fourth-order valence-corrected chi connectivity index (χ4v) is 4.77. The van der Waals surface area contributed by atoms with Gasteiger partial charge in [0.05, 0.1) is 35.5 Å². The van der Waals surface area contributed by atoms with Gasteiger partial charge in [0.25, 0.3) is 11.8 Å². The van der Waals surface area contributed by atoms with Gasteiger partial charge in [-0.25, -0.2) is 9.67 Å². The van der Waals surface area contributed by atoms with E-state index in [9.17, 15) is 9.59 Å². The van der Waals surface area contributed by atoms with Crippen LogP contribution in [0.4, 0.5) is 0 Å². The average Bonchev–Trinajstić information content (AvgIpc) is 3.57. The number of hydrogen-bond acceptors (Lipinski definition) is 6. The summed E-state index contributed by atoms with van der Waals surface area (Å²) in [5, 5.41) is 10.4. The van der Waals surface area contributed by atoms with E-state index in [1.807, 2.05) is 29.1 Å². The maximum absolute atomic E-state index is 13.1. The summed E-state index contributed by atoms with van der Waals surface area (Å²) in [7, 11) is 0. The summed E-state index contributed by atoms with van der Waals surface area (Å²) in [5.74, 6) is -0.163. The summed E-state index contributed by atoms with van der Waals surface area (Å²) in [4.78, 5) is 33.2. The van der Waals surface area contributed by atoms with Crippen molar-refractivity contribution in [2.75, 3.05) is 13.1 Å². The summed E-state index contributed by atoms with van der Waals surface area (Å²) < 4.78 is 6.85. The van der Waals surface area contributed by atoms with Crippen molar-refractivity contribution < 1.29 is 14.0 Å². The van der Waals surface area contributed by atoms with Gasteiger partial charge in [-0.3, -0.25) is 9.59 Å². The molecule has 0 saturated carbocycles. The van der Waals surface area contributed by atoms with Crippen molar-refractivity contribution in [3.05, 3.63) is 70.1 Å². The maximum atomic E-state index is 13.1. The Morgan fingerprint density at radius 1 is 1.28 bits per heavy atom. The molecule has 32 heavy (non-hydrogen) atoms. The predicted molar refractivity (Wildman–Crippen MR) is 121 cm³/mol. The zero-order valence-corrected chi connectivity index (χ0v) is 18.5. The van der Waals surface area contributed by atoms with Crippen LogP contribution in [0.3, 0.4) is 0 Å². The van der Waals surface area contributed by atoms with Crippen LogP contribution in [-0.4, -0.2) is 50.6 Å². The van der Waals surface area contributed by atoms with Gasteiger partial charge in [0.1, 0.15) is 6.26 Å². The second-order valence-electron chi connectivity index (χ2n) is 7.98. The van der Waals surface area contributed by atoms with E-state index in [4.69, 9.17) is 4.42 Å². The maximum Gasteiger partial charge on any atom is 0.257 e. The van der Waals surface area contributed by atoms with Crippen molar-refractivity contribution in [3.63, 3.8) is 0 Å². The smallest absolute Gasteiger partial charge is 0.257 e. The third kappa shape index (κ3) is 4.03. The van der Waals surface area contributed by atoms with Crippen molar-refractivity contribution in [3.8, 4) is 0 Å². The number of aryl methyl sites for hydroxylation is 1. The normalized spacial score (nSPS) is 14.7. The minimum atomic E-state index is -0.129. The van der Waals surface area contributed by atoms with Crippen LogP contribution in [-0.2, 0) is 6.54 Å². The molecule has 0 radical (unpaired) electrons. The summed E-state index contributed by atoms with van der Waals surface area (Å²) in [6.07, 6.45) is 6.10. The Hall–Kier alpha value is -3.46. The Morgan fingerprint density at radius 2 is 2.12 bits per heavy atom. The van der Waals surface area contributed by atoms with Crippen LogP contribution in [0.25, 0.3) is 11.0 Å². The molecule has 0 unspecified atom stereocenters. The molecule has 4 aromatic rings. The van der Waals surface area contributed by atoms with Crippen molar-refractivity contribution in [2.24, 2.45) is 0 Å². The highest BCUT2D eigenvalue weighted by Crippen LogP contribution is 2.21. The van der Waals surface area contributed by atoms with Gasteiger partial charge in [-0.05, 0) is 43.3 Å². The lowest BCUT2D eigenvalue weighted by Gasteiger charge is -2.32. The van der Waals surface area contributed by atoms with Crippen molar-refractivity contribution in [1.82, 2.24) is 25.0 Å². The molecule has 8 nitrogen and oxygen atoms in total. The highest BCUT2D eigenvalue weighted by molar-refractivity contribution is 7.09. The number of carbonyl (C=O) groups is 2. The number of thiophene rings is 1. The molecule has 0 aromatic carbocycles. The molecule has 1 aliphatic rings. The lowest BCUT2D eigenvalue weighted by Crippen LogP contribution is -2.46. The summed E-state index contributed by atoms with van der Waals surface area (Å²) in [6.45, 7) is 3.71. The molecule has 4 aromatic heterocycles. The number of nitrogens with one attached hydrogen (secondary N) is 1. The van der Waals surface area contributed by atoms with Gasteiger partial charge < -0.3 is 14.6 Å². The van der Waals surface area contributed by atoms with E-state index in [1.165, 1.54) is 17.4 Å². The lowest BCUT2D eigenvalue weighted by atomic mass is 10.0. The molecule has 9 heteroatoms. The third-order valence-corrected chi connectivity index (χ3v) is 6.61. The van der Waals surface area contributed by atoms with Crippen LogP contribution in [0.5, 0.6) is 0 Å². The molecular formula is C23H23N5O3S. The summed E-state index contributed by atoms with van der Waals surface area (Å²) in [6, 6.07) is 7.57. The minimum absolute atomic E-state index is 0.0144. The molecule has 164 valence electrons. The first kappa shape index (κ1) is 20.4. The zero-order chi connectivity index (χ0) is 22.1. The van der Waals surface area contributed by atoms with Crippen LogP contribution in [0.15, 0.2) is 52.8 Å². The van der Waals surface area contributed by atoms with E-state index in [0.717, 1.165) is 11.1 Å². The van der Waals surface area contributed by atoms with Crippen molar-refractivity contribution in [1.29, 1.82) is 0 Å². The van der Waals surface area contributed by atoms with Crippen LogP contribution >= 0.6 is 11.3 Å². The molecular weight excluding hydrogens is 426 g/mol. The van der Waals surface area contributed by atoms with E-state index in [1.54, 1.807) is 28.5 Å². The topological polar surface area (TPSA) is 93.3 Å². The highest BCUT2D eigenvalue weighted by Gasteiger charge is 2.26. The van der Waals surface area contributed by atoms with Gasteiger partial charge in [0.15, 0.2) is 5.65 Å². The number of furan rings is 1. The minimum Gasteiger partial charge on any atom is -0.472 e. The van der Waals surface area contributed by atoms with Crippen LogP contribution < -0.4 is 5.32 Å². The third-order valence-electron chi connectivity index (χ3n) is 5.75. The Morgan fingerprint density at radius 3 is 2.84 bits per heavy atom.